The topological polar surface area (TPSA) is 74.7 Å². The first-order valence-corrected chi connectivity index (χ1v) is 11.4. The first kappa shape index (κ1) is 25.5. The number of piperidine rings is 1. The fourth-order valence-corrected chi connectivity index (χ4v) is 4.61. The van der Waals surface area contributed by atoms with Crippen LogP contribution in [0.3, 0.4) is 0 Å². The summed E-state index contributed by atoms with van der Waals surface area (Å²) in [5.74, 6) is 1.38. The van der Waals surface area contributed by atoms with Crippen LogP contribution in [0.15, 0.2) is 72.8 Å². The van der Waals surface area contributed by atoms with Crippen LogP contribution in [0.4, 0.5) is 5.82 Å². The van der Waals surface area contributed by atoms with Gasteiger partial charge < -0.3 is 20.1 Å². The van der Waals surface area contributed by atoms with Crippen molar-refractivity contribution in [1.29, 1.82) is 0 Å². The Kier molecular flexibility index (Phi) is 8.91. The molecule has 180 valence electrons. The van der Waals surface area contributed by atoms with E-state index in [2.05, 4.69) is 58.5 Å². The third-order valence-electron chi connectivity index (χ3n) is 6.54. The smallest absolute Gasteiger partial charge is 0.354 e. The lowest BCUT2D eigenvalue weighted by atomic mass is 9.80. The first-order chi connectivity index (χ1) is 16.0. The number of pyridine rings is 1. The number of aromatic nitrogens is 1. The molecule has 2 N–H and O–H groups in total. The fraction of sp³-hybridized carbons (Fsp3) is 0.333. The predicted octanol–water partition coefficient (Wildman–Crippen LogP) is 5.17. The summed E-state index contributed by atoms with van der Waals surface area (Å²) in [6, 6.07) is 24.2. The van der Waals surface area contributed by atoms with Gasteiger partial charge in [-0.2, -0.15) is 0 Å². The number of carboxylic acid groups (broad SMARTS) is 1. The molecule has 0 saturated carbocycles. The lowest BCUT2D eigenvalue weighted by Gasteiger charge is -2.40. The highest BCUT2D eigenvalue weighted by Gasteiger charge is 2.31. The predicted molar refractivity (Wildman–Crippen MR) is 137 cm³/mol. The molecule has 0 bridgehead atoms. The average Bonchev–Trinajstić information content (AvgIpc) is 2.87. The fourth-order valence-electron chi connectivity index (χ4n) is 4.61. The minimum atomic E-state index is -0.998. The Morgan fingerprint density at radius 3 is 2.65 bits per heavy atom. The Labute approximate surface area is 207 Å². The molecule has 4 rings (SSSR count). The molecule has 3 atom stereocenters. The summed E-state index contributed by atoms with van der Waals surface area (Å²) in [5, 5.41) is 13.1. The highest BCUT2D eigenvalue weighted by Crippen LogP contribution is 2.34. The maximum atomic E-state index is 11.4. The standard InChI is InChI=1S/C27H31N3O3.ClH/c1-19(21-10-6-11-23(16-21)33-2)28-17-22-14-15-30(18-24(22)20-8-4-3-5-9-20)26-13-7-12-25(29-26)27(31)32;/h3-13,16,19,22,24,28H,14-15,17-18H2,1-2H3,(H,31,32);1H/t19-,22?,24?;/m1./s1. The highest BCUT2D eigenvalue weighted by atomic mass is 35.5. The van der Waals surface area contributed by atoms with Crippen LogP contribution in [0.1, 0.15) is 46.9 Å². The van der Waals surface area contributed by atoms with Gasteiger partial charge in [-0.3, -0.25) is 0 Å². The number of rotatable bonds is 8. The minimum Gasteiger partial charge on any atom is -0.497 e. The van der Waals surface area contributed by atoms with Crippen LogP contribution in [0, 0.1) is 5.92 Å². The van der Waals surface area contributed by atoms with E-state index in [9.17, 15) is 9.90 Å². The number of anilines is 1. The molecule has 7 heteroatoms. The number of hydrogen-bond acceptors (Lipinski definition) is 5. The third-order valence-corrected chi connectivity index (χ3v) is 6.54. The molecule has 2 aromatic carbocycles. The molecule has 0 spiro atoms. The van der Waals surface area contributed by atoms with Crippen molar-refractivity contribution in [1.82, 2.24) is 10.3 Å². The van der Waals surface area contributed by atoms with Gasteiger partial charge in [0.1, 0.15) is 11.6 Å². The zero-order valence-electron chi connectivity index (χ0n) is 19.6. The number of aromatic carboxylic acids is 1. The van der Waals surface area contributed by atoms with Crippen LogP contribution in [0.5, 0.6) is 5.75 Å². The molecule has 1 saturated heterocycles. The lowest BCUT2D eigenvalue weighted by molar-refractivity contribution is 0.0690. The largest absolute Gasteiger partial charge is 0.497 e. The maximum Gasteiger partial charge on any atom is 0.354 e. The first-order valence-electron chi connectivity index (χ1n) is 11.4. The van der Waals surface area contributed by atoms with Crippen LogP contribution in [0.2, 0.25) is 0 Å². The van der Waals surface area contributed by atoms with E-state index in [-0.39, 0.29) is 24.1 Å². The zero-order valence-corrected chi connectivity index (χ0v) is 20.4. The Morgan fingerprint density at radius 2 is 1.91 bits per heavy atom. The number of halogens is 1. The van der Waals surface area contributed by atoms with E-state index in [1.165, 1.54) is 17.2 Å². The monoisotopic (exact) mass is 481 g/mol. The second-order valence-electron chi connectivity index (χ2n) is 8.60. The van der Waals surface area contributed by atoms with Crippen molar-refractivity contribution in [2.45, 2.75) is 25.3 Å². The quantitative estimate of drug-likeness (QED) is 0.462. The van der Waals surface area contributed by atoms with Crippen molar-refractivity contribution < 1.29 is 14.6 Å². The third kappa shape index (κ3) is 6.07. The number of methoxy groups -OCH3 is 1. The molecule has 34 heavy (non-hydrogen) atoms. The van der Waals surface area contributed by atoms with Gasteiger partial charge in [0, 0.05) is 25.0 Å². The van der Waals surface area contributed by atoms with Gasteiger partial charge in [-0.1, -0.05) is 48.5 Å². The molecular formula is C27H32ClN3O3. The van der Waals surface area contributed by atoms with E-state index in [1.807, 2.05) is 24.3 Å². The van der Waals surface area contributed by atoms with E-state index >= 15 is 0 Å². The van der Waals surface area contributed by atoms with Gasteiger partial charge in [-0.05, 0) is 61.2 Å². The summed E-state index contributed by atoms with van der Waals surface area (Å²) < 4.78 is 5.38. The molecule has 0 amide bonds. The highest BCUT2D eigenvalue weighted by molar-refractivity contribution is 5.86. The molecule has 6 nitrogen and oxygen atoms in total. The number of carboxylic acids is 1. The number of benzene rings is 2. The summed E-state index contributed by atoms with van der Waals surface area (Å²) in [4.78, 5) is 18.0. The normalized spacial score (nSPS) is 18.6. The Morgan fingerprint density at radius 1 is 1.15 bits per heavy atom. The molecule has 1 aliphatic rings. The number of nitrogens with zero attached hydrogens (tertiary/aromatic N) is 2. The summed E-state index contributed by atoms with van der Waals surface area (Å²) in [6.45, 7) is 4.73. The van der Waals surface area contributed by atoms with Crippen LogP contribution >= 0.6 is 12.4 Å². The van der Waals surface area contributed by atoms with Gasteiger partial charge in [-0.15, -0.1) is 12.4 Å². The molecular weight excluding hydrogens is 450 g/mol. The van der Waals surface area contributed by atoms with Crippen molar-refractivity contribution in [3.8, 4) is 5.75 Å². The summed E-state index contributed by atoms with van der Waals surface area (Å²) >= 11 is 0. The molecule has 2 unspecified atom stereocenters. The van der Waals surface area contributed by atoms with Gasteiger partial charge in [0.05, 0.1) is 7.11 Å². The van der Waals surface area contributed by atoms with Gasteiger partial charge >= 0.3 is 5.97 Å². The van der Waals surface area contributed by atoms with Crippen molar-refractivity contribution >= 4 is 24.2 Å². The molecule has 1 aliphatic heterocycles. The van der Waals surface area contributed by atoms with E-state index in [1.54, 1.807) is 13.2 Å². The van der Waals surface area contributed by atoms with Gasteiger partial charge in [0.25, 0.3) is 0 Å². The molecule has 2 heterocycles. The average molecular weight is 482 g/mol. The summed E-state index contributed by atoms with van der Waals surface area (Å²) in [7, 11) is 1.69. The van der Waals surface area contributed by atoms with Gasteiger partial charge in [0.2, 0.25) is 0 Å². The SMILES string of the molecule is COc1cccc([C@@H](C)NCC2CCN(c3cccc(C(=O)O)n3)CC2c2ccccc2)c1.Cl. The second-order valence-corrected chi connectivity index (χ2v) is 8.60. The van der Waals surface area contributed by atoms with Crippen molar-refractivity contribution in [2.75, 3.05) is 31.6 Å². The number of ether oxygens (including phenoxy) is 1. The molecule has 0 radical (unpaired) electrons. The molecule has 0 aliphatic carbocycles. The molecule has 1 fully saturated rings. The van der Waals surface area contributed by atoms with Crippen LogP contribution in [0.25, 0.3) is 0 Å². The van der Waals surface area contributed by atoms with E-state index in [0.29, 0.717) is 11.8 Å². The number of carbonyl (C=O) groups is 1. The van der Waals surface area contributed by atoms with E-state index in [4.69, 9.17) is 4.74 Å². The second kappa shape index (κ2) is 11.9. The van der Waals surface area contributed by atoms with Crippen LogP contribution in [-0.2, 0) is 0 Å². The number of hydrogen-bond donors (Lipinski definition) is 2. The van der Waals surface area contributed by atoms with Crippen molar-refractivity contribution in [3.63, 3.8) is 0 Å². The van der Waals surface area contributed by atoms with Crippen molar-refractivity contribution in [2.24, 2.45) is 5.92 Å². The summed E-state index contributed by atoms with van der Waals surface area (Å²) in [6.07, 6.45) is 0.996. The van der Waals surface area contributed by atoms with Crippen LogP contribution < -0.4 is 15.0 Å². The Bertz CT molecular complexity index is 1080. The number of nitrogens with one attached hydrogen (secondary N) is 1. The molecule has 1 aromatic heterocycles. The molecule has 3 aromatic rings. The lowest BCUT2D eigenvalue weighted by Crippen LogP contribution is -2.43. The Hall–Kier alpha value is -3.09. The maximum absolute atomic E-state index is 11.4. The minimum absolute atomic E-state index is 0. The van der Waals surface area contributed by atoms with Crippen LogP contribution in [-0.4, -0.2) is 42.8 Å². The van der Waals surface area contributed by atoms with Gasteiger partial charge in [-0.25, -0.2) is 9.78 Å². The van der Waals surface area contributed by atoms with E-state index < -0.39 is 5.97 Å². The zero-order chi connectivity index (χ0) is 23.2. The van der Waals surface area contributed by atoms with Gasteiger partial charge in [0.15, 0.2) is 5.69 Å². The van der Waals surface area contributed by atoms with E-state index in [0.717, 1.165) is 37.6 Å². The summed E-state index contributed by atoms with van der Waals surface area (Å²) in [5.41, 5.74) is 2.59. The Balaban J connectivity index is 0.00000324. The van der Waals surface area contributed by atoms with Crippen molar-refractivity contribution in [3.05, 3.63) is 89.6 Å².